The molecule has 0 radical (unpaired) electrons. The molecule has 0 fully saturated rings. The van der Waals surface area contributed by atoms with Crippen LogP contribution in [0.15, 0.2) is 0 Å². The molecular formula is C21H41BrO2. The molecule has 1 unspecified atom stereocenters. The van der Waals surface area contributed by atoms with Crippen molar-refractivity contribution in [3.63, 3.8) is 0 Å². The van der Waals surface area contributed by atoms with Gasteiger partial charge in [-0.25, -0.2) is 0 Å². The number of carboxylic acids is 1. The van der Waals surface area contributed by atoms with Crippen molar-refractivity contribution in [2.75, 3.05) is 0 Å². The van der Waals surface area contributed by atoms with E-state index in [1.54, 1.807) is 6.92 Å². The molecule has 0 aromatic carbocycles. The quantitative estimate of drug-likeness (QED) is 0.186. The van der Waals surface area contributed by atoms with Gasteiger partial charge >= 0.3 is 5.97 Å². The molecule has 0 saturated heterocycles. The number of unbranched alkanes of at least 4 members (excludes halogenated alkanes) is 15. The predicted molar refractivity (Wildman–Crippen MR) is 109 cm³/mol. The second-order valence-corrected chi connectivity index (χ2v) is 9.31. The normalized spacial score (nSPS) is 13.8. The molecule has 0 aliphatic rings. The molecule has 1 atom stereocenters. The standard InChI is InChI=1S/C21H41BrO2/c1-3-4-5-6-7-8-9-10-11-12-13-14-15-16-17-18-19-21(2,22)20(23)24/h3-19H2,1-2H3,(H,23,24). The fourth-order valence-corrected chi connectivity index (χ4v) is 3.39. The van der Waals surface area contributed by atoms with E-state index >= 15 is 0 Å². The maximum Gasteiger partial charge on any atom is 0.320 e. The highest BCUT2D eigenvalue weighted by Gasteiger charge is 2.28. The van der Waals surface area contributed by atoms with Crippen molar-refractivity contribution < 1.29 is 9.90 Å². The Hall–Kier alpha value is -0.0500. The Morgan fingerprint density at radius 2 is 1.00 bits per heavy atom. The highest BCUT2D eigenvalue weighted by atomic mass is 79.9. The van der Waals surface area contributed by atoms with Gasteiger partial charge < -0.3 is 5.11 Å². The number of halogens is 1. The van der Waals surface area contributed by atoms with Crippen LogP contribution in [-0.4, -0.2) is 15.4 Å². The van der Waals surface area contributed by atoms with Crippen LogP contribution in [-0.2, 0) is 4.79 Å². The van der Waals surface area contributed by atoms with Crippen LogP contribution in [0.1, 0.15) is 123 Å². The second kappa shape index (κ2) is 16.4. The summed E-state index contributed by atoms with van der Waals surface area (Å²) in [7, 11) is 0. The largest absolute Gasteiger partial charge is 0.480 e. The first-order valence-corrected chi connectivity index (χ1v) is 11.2. The third-order valence-corrected chi connectivity index (χ3v) is 5.68. The summed E-state index contributed by atoms with van der Waals surface area (Å²) in [6, 6.07) is 0. The SMILES string of the molecule is CCCCCCCCCCCCCCCCCCC(C)(Br)C(=O)O. The maximum absolute atomic E-state index is 11.0. The van der Waals surface area contributed by atoms with E-state index in [-0.39, 0.29) is 0 Å². The molecular weight excluding hydrogens is 364 g/mol. The Morgan fingerprint density at radius 1 is 0.708 bits per heavy atom. The third kappa shape index (κ3) is 15.5. The van der Waals surface area contributed by atoms with Gasteiger partial charge in [0.15, 0.2) is 0 Å². The Labute approximate surface area is 159 Å². The Kier molecular flexibility index (Phi) is 16.4. The average molecular weight is 405 g/mol. The zero-order valence-electron chi connectivity index (χ0n) is 16.3. The van der Waals surface area contributed by atoms with Gasteiger partial charge in [0.05, 0.1) is 0 Å². The smallest absolute Gasteiger partial charge is 0.320 e. The molecule has 0 bridgehead atoms. The molecule has 0 aliphatic carbocycles. The Morgan fingerprint density at radius 3 is 1.29 bits per heavy atom. The van der Waals surface area contributed by atoms with Crippen LogP contribution in [0.3, 0.4) is 0 Å². The minimum absolute atomic E-state index is 0.723. The lowest BCUT2D eigenvalue weighted by atomic mass is 10.0. The molecule has 0 aliphatic heterocycles. The number of rotatable bonds is 18. The topological polar surface area (TPSA) is 37.3 Å². The lowest BCUT2D eigenvalue weighted by Gasteiger charge is -2.16. The molecule has 0 spiro atoms. The molecule has 2 nitrogen and oxygen atoms in total. The summed E-state index contributed by atoms with van der Waals surface area (Å²) >= 11 is 3.29. The van der Waals surface area contributed by atoms with Gasteiger partial charge in [0, 0.05) is 0 Å². The maximum atomic E-state index is 11.0. The molecule has 24 heavy (non-hydrogen) atoms. The van der Waals surface area contributed by atoms with E-state index in [0.29, 0.717) is 0 Å². The van der Waals surface area contributed by atoms with Gasteiger partial charge in [0.2, 0.25) is 0 Å². The minimum atomic E-state index is -0.747. The highest BCUT2D eigenvalue weighted by Crippen LogP contribution is 2.25. The van der Waals surface area contributed by atoms with Gasteiger partial charge in [-0.2, -0.15) is 0 Å². The van der Waals surface area contributed by atoms with E-state index in [1.165, 1.54) is 89.9 Å². The van der Waals surface area contributed by atoms with Gasteiger partial charge in [0.1, 0.15) is 4.32 Å². The van der Waals surface area contributed by atoms with Gasteiger partial charge in [-0.15, -0.1) is 0 Å². The van der Waals surface area contributed by atoms with Gasteiger partial charge in [-0.05, 0) is 13.3 Å². The van der Waals surface area contributed by atoms with Crippen molar-refractivity contribution >= 4 is 21.9 Å². The number of carbonyl (C=O) groups is 1. The fourth-order valence-electron chi connectivity index (χ4n) is 3.11. The minimum Gasteiger partial charge on any atom is -0.480 e. The van der Waals surface area contributed by atoms with Crippen molar-refractivity contribution in [1.82, 2.24) is 0 Å². The third-order valence-electron chi connectivity index (χ3n) is 4.95. The first-order chi connectivity index (χ1) is 11.5. The van der Waals surface area contributed by atoms with Crippen LogP contribution in [0.2, 0.25) is 0 Å². The summed E-state index contributed by atoms with van der Waals surface area (Å²) in [5.41, 5.74) is 0. The first-order valence-electron chi connectivity index (χ1n) is 10.4. The van der Waals surface area contributed by atoms with Crippen LogP contribution in [0.25, 0.3) is 0 Å². The molecule has 0 heterocycles. The zero-order valence-corrected chi connectivity index (χ0v) is 17.8. The predicted octanol–water partition coefficient (Wildman–Crippen LogP) is 7.88. The molecule has 3 heteroatoms. The zero-order chi connectivity index (χ0) is 18.1. The number of hydrogen-bond donors (Lipinski definition) is 1. The number of aliphatic carboxylic acids is 1. The van der Waals surface area contributed by atoms with Crippen LogP contribution in [0.5, 0.6) is 0 Å². The van der Waals surface area contributed by atoms with E-state index in [1.807, 2.05) is 0 Å². The van der Waals surface area contributed by atoms with E-state index in [9.17, 15) is 4.79 Å². The van der Waals surface area contributed by atoms with E-state index in [2.05, 4.69) is 22.9 Å². The summed E-state index contributed by atoms with van der Waals surface area (Å²) in [5, 5.41) is 9.02. The van der Waals surface area contributed by atoms with Gasteiger partial charge in [-0.1, -0.05) is 126 Å². The number of carboxylic acid groups (broad SMARTS) is 1. The summed E-state index contributed by atoms with van der Waals surface area (Å²) in [6.07, 6.45) is 22.3. The molecule has 1 N–H and O–H groups in total. The molecule has 0 rings (SSSR count). The molecule has 0 aromatic rings. The van der Waals surface area contributed by atoms with Crippen molar-refractivity contribution in [1.29, 1.82) is 0 Å². The van der Waals surface area contributed by atoms with E-state index in [0.717, 1.165) is 19.3 Å². The van der Waals surface area contributed by atoms with Crippen LogP contribution < -0.4 is 0 Å². The molecule has 144 valence electrons. The monoisotopic (exact) mass is 404 g/mol. The Bertz CT molecular complexity index is 290. The highest BCUT2D eigenvalue weighted by molar-refractivity contribution is 9.10. The summed E-state index contributed by atoms with van der Waals surface area (Å²) in [6.45, 7) is 4.03. The molecule has 0 aromatic heterocycles. The average Bonchev–Trinajstić information content (AvgIpc) is 2.54. The van der Waals surface area contributed by atoms with Crippen molar-refractivity contribution in [3.05, 3.63) is 0 Å². The first kappa shape index (κ1) is 23.9. The van der Waals surface area contributed by atoms with Crippen LogP contribution >= 0.6 is 15.9 Å². The fraction of sp³-hybridized carbons (Fsp3) is 0.952. The molecule has 0 saturated carbocycles. The second-order valence-electron chi connectivity index (χ2n) is 7.56. The Balaban J connectivity index is 3.14. The summed E-state index contributed by atoms with van der Waals surface area (Å²) in [4.78, 5) is 11.0. The summed E-state index contributed by atoms with van der Waals surface area (Å²) in [5.74, 6) is -0.747. The number of hydrogen-bond acceptors (Lipinski definition) is 1. The van der Waals surface area contributed by atoms with Gasteiger partial charge in [-0.3, -0.25) is 4.79 Å². The molecule has 0 amide bonds. The van der Waals surface area contributed by atoms with Crippen LogP contribution in [0, 0.1) is 0 Å². The number of alkyl halides is 1. The van der Waals surface area contributed by atoms with Crippen molar-refractivity contribution in [2.45, 2.75) is 127 Å². The van der Waals surface area contributed by atoms with E-state index < -0.39 is 10.3 Å². The van der Waals surface area contributed by atoms with Gasteiger partial charge in [0.25, 0.3) is 0 Å². The van der Waals surface area contributed by atoms with Crippen LogP contribution in [0.4, 0.5) is 0 Å². The van der Waals surface area contributed by atoms with E-state index in [4.69, 9.17) is 5.11 Å². The summed E-state index contributed by atoms with van der Waals surface area (Å²) < 4.78 is -0.733. The lowest BCUT2D eigenvalue weighted by molar-refractivity contribution is -0.139. The lowest BCUT2D eigenvalue weighted by Crippen LogP contribution is -2.27. The van der Waals surface area contributed by atoms with Crippen molar-refractivity contribution in [3.8, 4) is 0 Å². The van der Waals surface area contributed by atoms with Crippen molar-refractivity contribution in [2.24, 2.45) is 0 Å².